The number of nitrogens with one attached hydrogen (secondary N) is 1. The van der Waals surface area contributed by atoms with Gasteiger partial charge >= 0.3 is 0 Å². The summed E-state index contributed by atoms with van der Waals surface area (Å²) in [5, 5.41) is 3.15. The van der Waals surface area contributed by atoms with Gasteiger partial charge in [0.05, 0.1) is 0 Å². The number of benzene rings is 2. The molecule has 3 heteroatoms. The molecule has 0 aliphatic carbocycles. The second-order valence-electron chi connectivity index (χ2n) is 5.15. The average molecular weight is 287 g/mol. The molecule has 0 heterocycles. The van der Waals surface area contributed by atoms with E-state index in [-0.39, 0.29) is 11.9 Å². The van der Waals surface area contributed by atoms with Crippen LogP contribution in [0.1, 0.15) is 36.6 Å². The third-order valence-electron chi connectivity index (χ3n) is 3.70. The highest BCUT2D eigenvalue weighted by Crippen LogP contribution is 2.26. The fourth-order valence-corrected chi connectivity index (χ4v) is 2.18. The number of aryl methyl sites for hydroxylation is 1. The molecule has 0 radical (unpaired) electrons. The molecular formula is C18H22FNO. The molecule has 0 saturated heterocycles. The molecule has 0 saturated carbocycles. The molecule has 0 fully saturated rings. The molecule has 1 unspecified atom stereocenters. The Balaban J connectivity index is 2.12. The summed E-state index contributed by atoms with van der Waals surface area (Å²) < 4.78 is 19.3. The molecule has 2 aromatic rings. The predicted molar refractivity (Wildman–Crippen MR) is 84.0 cm³/mol. The van der Waals surface area contributed by atoms with Crippen LogP contribution < -0.4 is 10.1 Å². The van der Waals surface area contributed by atoms with Crippen LogP contribution in [0.2, 0.25) is 0 Å². The summed E-state index contributed by atoms with van der Waals surface area (Å²) in [7, 11) is 1.88. The first-order chi connectivity index (χ1) is 10.1. The number of ether oxygens (including phenoxy) is 1. The third-order valence-corrected chi connectivity index (χ3v) is 3.70. The van der Waals surface area contributed by atoms with Crippen LogP contribution in [-0.4, -0.2) is 7.05 Å². The number of halogens is 1. The molecule has 1 atom stereocenters. The smallest absolute Gasteiger partial charge is 0.127 e. The first kappa shape index (κ1) is 15.5. The molecule has 0 amide bonds. The van der Waals surface area contributed by atoms with Crippen LogP contribution in [0.3, 0.4) is 0 Å². The van der Waals surface area contributed by atoms with Gasteiger partial charge in [-0.15, -0.1) is 0 Å². The molecule has 0 aliphatic rings. The maximum Gasteiger partial charge on any atom is 0.127 e. The van der Waals surface area contributed by atoms with Gasteiger partial charge in [-0.05, 0) is 37.6 Å². The summed E-state index contributed by atoms with van der Waals surface area (Å²) in [6.07, 6.45) is 1.02. The molecule has 2 rings (SSSR count). The lowest BCUT2D eigenvalue weighted by atomic mass is 10.1. The van der Waals surface area contributed by atoms with Gasteiger partial charge < -0.3 is 10.1 Å². The minimum atomic E-state index is -0.279. The van der Waals surface area contributed by atoms with Gasteiger partial charge in [0.1, 0.15) is 18.2 Å². The van der Waals surface area contributed by atoms with Gasteiger partial charge in [0.25, 0.3) is 0 Å². The highest BCUT2D eigenvalue weighted by atomic mass is 19.1. The van der Waals surface area contributed by atoms with Crippen molar-refractivity contribution < 1.29 is 9.13 Å². The normalized spacial score (nSPS) is 12.2. The highest BCUT2D eigenvalue weighted by molar-refractivity contribution is 5.36. The number of hydrogen-bond acceptors (Lipinski definition) is 2. The van der Waals surface area contributed by atoms with Gasteiger partial charge in [0.2, 0.25) is 0 Å². The first-order valence-electron chi connectivity index (χ1n) is 7.31. The summed E-state index contributed by atoms with van der Waals surface area (Å²) in [5.74, 6) is 0.315. The van der Waals surface area contributed by atoms with Crippen molar-refractivity contribution >= 4 is 0 Å². The van der Waals surface area contributed by atoms with E-state index in [9.17, 15) is 4.39 Å². The molecule has 0 bridgehead atoms. The van der Waals surface area contributed by atoms with Crippen LogP contribution in [0.15, 0.2) is 42.5 Å². The fourth-order valence-electron chi connectivity index (χ4n) is 2.18. The van der Waals surface area contributed by atoms with E-state index in [1.807, 2.05) is 14.0 Å². The second-order valence-corrected chi connectivity index (χ2v) is 5.15. The Hall–Kier alpha value is -1.87. The van der Waals surface area contributed by atoms with Gasteiger partial charge in [-0.2, -0.15) is 0 Å². The summed E-state index contributed by atoms with van der Waals surface area (Å²) in [4.78, 5) is 0. The van der Waals surface area contributed by atoms with Crippen LogP contribution in [-0.2, 0) is 13.0 Å². The van der Waals surface area contributed by atoms with E-state index < -0.39 is 0 Å². The summed E-state index contributed by atoms with van der Waals surface area (Å²) >= 11 is 0. The lowest BCUT2D eigenvalue weighted by Crippen LogP contribution is -2.14. The average Bonchev–Trinajstić information content (AvgIpc) is 2.52. The molecule has 0 spiro atoms. The van der Waals surface area contributed by atoms with Crippen molar-refractivity contribution in [3.8, 4) is 5.75 Å². The lowest BCUT2D eigenvalue weighted by Gasteiger charge is -2.16. The van der Waals surface area contributed by atoms with Crippen LogP contribution >= 0.6 is 0 Å². The molecule has 2 aromatic carbocycles. The maximum atomic E-state index is 13.4. The Morgan fingerprint density at radius 1 is 1.10 bits per heavy atom. The Morgan fingerprint density at radius 3 is 2.38 bits per heavy atom. The molecule has 112 valence electrons. The van der Waals surface area contributed by atoms with E-state index in [4.69, 9.17) is 4.74 Å². The zero-order valence-corrected chi connectivity index (χ0v) is 12.8. The monoisotopic (exact) mass is 287 g/mol. The zero-order valence-electron chi connectivity index (χ0n) is 12.8. The van der Waals surface area contributed by atoms with Gasteiger partial charge in [0.15, 0.2) is 0 Å². The summed E-state index contributed by atoms with van der Waals surface area (Å²) in [6.45, 7) is 4.59. The largest absolute Gasteiger partial charge is 0.488 e. The van der Waals surface area contributed by atoms with Crippen LogP contribution in [0.25, 0.3) is 0 Å². The third kappa shape index (κ3) is 4.05. The summed E-state index contributed by atoms with van der Waals surface area (Å²) in [5.41, 5.74) is 3.35. The topological polar surface area (TPSA) is 21.3 Å². The second kappa shape index (κ2) is 7.23. The van der Waals surface area contributed by atoms with Crippen LogP contribution in [0.4, 0.5) is 4.39 Å². The Bertz CT molecular complexity index is 580. The van der Waals surface area contributed by atoms with E-state index in [2.05, 4.69) is 36.5 Å². The van der Waals surface area contributed by atoms with Crippen molar-refractivity contribution in [3.05, 3.63) is 65.0 Å². The van der Waals surface area contributed by atoms with Gasteiger partial charge in [0, 0.05) is 17.7 Å². The Kier molecular flexibility index (Phi) is 5.34. The molecule has 0 aliphatic heterocycles. The van der Waals surface area contributed by atoms with Gasteiger partial charge in [-0.1, -0.05) is 37.3 Å². The quantitative estimate of drug-likeness (QED) is 0.857. The maximum absolute atomic E-state index is 13.4. The molecule has 21 heavy (non-hydrogen) atoms. The Morgan fingerprint density at radius 2 is 1.76 bits per heavy atom. The zero-order chi connectivity index (χ0) is 15.2. The summed E-state index contributed by atoms with van der Waals surface area (Å²) in [6, 6.07) is 13.1. The highest BCUT2D eigenvalue weighted by Gasteiger charge is 2.11. The van der Waals surface area contributed by atoms with Crippen molar-refractivity contribution in [1.29, 1.82) is 0 Å². The first-order valence-corrected chi connectivity index (χ1v) is 7.31. The molecule has 0 aromatic heterocycles. The van der Waals surface area contributed by atoms with Crippen LogP contribution in [0, 0.1) is 5.82 Å². The van der Waals surface area contributed by atoms with Crippen LogP contribution in [0.5, 0.6) is 5.75 Å². The number of hydrogen-bond donors (Lipinski definition) is 1. The lowest BCUT2D eigenvalue weighted by molar-refractivity contribution is 0.298. The number of rotatable bonds is 6. The standard InChI is InChI=1S/C18H22FNO/c1-4-14-5-7-15(8-6-14)12-21-18-11-16(19)9-10-17(18)13(2)20-3/h5-11,13,20H,4,12H2,1-3H3. The van der Waals surface area contributed by atoms with E-state index in [1.54, 1.807) is 6.07 Å². The Labute approximate surface area is 126 Å². The van der Waals surface area contributed by atoms with E-state index >= 15 is 0 Å². The molecule has 1 N–H and O–H groups in total. The van der Waals surface area contributed by atoms with E-state index in [0.717, 1.165) is 17.5 Å². The predicted octanol–water partition coefficient (Wildman–Crippen LogP) is 4.25. The minimum absolute atomic E-state index is 0.114. The molecular weight excluding hydrogens is 265 g/mol. The van der Waals surface area contributed by atoms with E-state index in [1.165, 1.54) is 17.7 Å². The van der Waals surface area contributed by atoms with Crippen molar-refractivity contribution in [3.63, 3.8) is 0 Å². The van der Waals surface area contributed by atoms with Gasteiger partial charge in [-0.25, -0.2) is 4.39 Å². The van der Waals surface area contributed by atoms with E-state index in [0.29, 0.717) is 12.4 Å². The van der Waals surface area contributed by atoms with Gasteiger partial charge in [-0.3, -0.25) is 0 Å². The van der Waals surface area contributed by atoms with Crippen molar-refractivity contribution in [2.45, 2.75) is 32.9 Å². The fraction of sp³-hybridized carbons (Fsp3) is 0.333. The minimum Gasteiger partial charge on any atom is -0.488 e. The van der Waals surface area contributed by atoms with Crippen molar-refractivity contribution in [2.75, 3.05) is 7.05 Å². The van der Waals surface area contributed by atoms with Crippen molar-refractivity contribution in [1.82, 2.24) is 5.32 Å². The van der Waals surface area contributed by atoms with Crippen molar-refractivity contribution in [2.24, 2.45) is 0 Å². The molecule has 2 nitrogen and oxygen atoms in total. The SMILES string of the molecule is CCc1ccc(COc2cc(F)ccc2C(C)NC)cc1.